The Kier molecular flexibility index (Phi) is 5.82. The molecule has 0 fully saturated rings. The van der Waals surface area contributed by atoms with E-state index in [0.29, 0.717) is 17.9 Å². The quantitative estimate of drug-likeness (QED) is 0.699. The molecule has 3 rings (SSSR count). The summed E-state index contributed by atoms with van der Waals surface area (Å²) >= 11 is 0. The van der Waals surface area contributed by atoms with Crippen LogP contribution in [0.1, 0.15) is 24.2 Å². The van der Waals surface area contributed by atoms with E-state index >= 15 is 0 Å². The predicted molar refractivity (Wildman–Crippen MR) is 93.6 cm³/mol. The number of halogens is 3. The van der Waals surface area contributed by atoms with E-state index in [1.807, 2.05) is 6.07 Å². The fourth-order valence-electron chi connectivity index (χ4n) is 2.62. The van der Waals surface area contributed by atoms with Gasteiger partial charge in [-0.3, -0.25) is 0 Å². The Morgan fingerprint density at radius 3 is 2.38 bits per heavy atom. The molecule has 2 atom stereocenters. The number of fused-ring (bicyclic) bond motifs is 1. The van der Waals surface area contributed by atoms with Crippen molar-refractivity contribution < 1.29 is 36.9 Å². The third kappa shape index (κ3) is 4.90. The predicted octanol–water partition coefficient (Wildman–Crippen LogP) is 3.94. The van der Waals surface area contributed by atoms with Gasteiger partial charge in [-0.1, -0.05) is 6.07 Å². The van der Waals surface area contributed by atoms with Crippen molar-refractivity contribution >= 4 is 5.97 Å². The molecule has 9 heteroatoms. The number of hydrogen-bond donors (Lipinski definition) is 0. The SMILES string of the molecule is C[C@@H](Oc1ccc(C#N)cc1)C(=O)O[C@H](c1ccc2c(c1)OCCO2)C(F)(F)F. The van der Waals surface area contributed by atoms with Crippen LogP contribution in [0.15, 0.2) is 42.5 Å². The summed E-state index contributed by atoms with van der Waals surface area (Å²) in [6.07, 6.45) is -8.63. The van der Waals surface area contributed by atoms with Gasteiger partial charge >= 0.3 is 12.1 Å². The molecule has 0 spiro atoms. The maximum absolute atomic E-state index is 13.6. The van der Waals surface area contributed by atoms with Crippen LogP contribution in [0.5, 0.6) is 17.2 Å². The summed E-state index contributed by atoms with van der Waals surface area (Å²) in [5.41, 5.74) is 0.0870. The van der Waals surface area contributed by atoms with Crippen LogP contribution in [0, 0.1) is 11.3 Å². The number of ether oxygens (including phenoxy) is 4. The number of esters is 1. The lowest BCUT2D eigenvalue weighted by Crippen LogP contribution is -2.33. The molecular formula is C20H16F3NO5. The van der Waals surface area contributed by atoms with Gasteiger partial charge in [-0.15, -0.1) is 0 Å². The van der Waals surface area contributed by atoms with Gasteiger partial charge in [0.05, 0.1) is 11.6 Å². The second-order valence-corrected chi connectivity index (χ2v) is 6.16. The molecule has 0 radical (unpaired) electrons. The molecule has 0 aromatic heterocycles. The van der Waals surface area contributed by atoms with E-state index in [4.69, 9.17) is 24.2 Å². The van der Waals surface area contributed by atoms with Gasteiger partial charge in [0.2, 0.25) is 6.10 Å². The number of carbonyl (C=O) groups is 1. The fraction of sp³-hybridized carbons (Fsp3) is 0.300. The van der Waals surface area contributed by atoms with Crippen molar-refractivity contribution in [2.45, 2.75) is 25.3 Å². The molecule has 0 bridgehead atoms. The van der Waals surface area contributed by atoms with E-state index in [1.54, 1.807) is 0 Å². The normalized spacial score (nSPS) is 15.0. The van der Waals surface area contributed by atoms with Gasteiger partial charge in [0, 0.05) is 5.56 Å². The number of carbonyl (C=O) groups excluding carboxylic acids is 1. The topological polar surface area (TPSA) is 77.8 Å². The third-order valence-electron chi connectivity index (χ3n) is 4.03. The monoisotopic (exact) mass is 407 g/mol. The number of benzene rings is 2. The Morgan fingerprint density at radius 2 is 1.76 bits per heavy atom. The Balaban J connectivity index is 1.74. The van der Waals surface area contributed by atoms with Gasteiger partial charge in [-0.25, -0.2) is 4.79 Å². The van der Waals surface area contributed by atoms with Gasteiger partial charge < -0.3 is 18.9 Å². The van der Waals surface area contributed by atoms with Crippen LogP contribution >= 0.6 is 0 Å². The van der Waals surface area contributed by atoms with E-state index in [0.717, 1.165) is 6.07 Å². The highest BCUT2D eigenvalue weighted by Gasteiger charge is 2.45. The zero-order valence-electron chi connectivity index (χ0n) is 15.2. The molecule has 1 aliphatic heterocycles. The molecule has 2 aromatic rings. The molecule has 152 valence electrons. The zero-order valence-corrected chi connectivity index (χ0v) is 15.2. The molecule has 0 saturated heterocycles. The summed E-state index contributed by atoms with van der Waals surface area (Å²) in [6.45, 7) is 1.79. The van der Waals surface area contributed by atoms with Gasteiger partial charge in [0.15, 0.2) is 17.6 Å². The van der Waals surface area contributed by atoms with Crippen molar-refractivity contribution in [2.75, 3.05) is 13.2 Å². The van der Waals surface area contributed by atoms with Gasteiger partial charge in [0.25, 0.3) is 0 Å². The average molecular weight is 407 g/mol. The summed E-state index contributed by atoms with van der Waals surface area (Å²) < 4.78 is 61.3. The number of rotatable bonds is 5. The summed E-state index contributed by atoms with van der Waals surface area (Å²) in [5.74, 6) is -0.492. The first-order chi connectivity index (χ1) is 13.8. The molecule has 29 heavy (non-hydrogen) atoms. The van der Waals surface area contributed by atoms with Crippen LogP contribution in [0.2, 0.25) is 0 Å². The average Bonchev–Trinajstić information content (AvgIpc) is 2.71. The Morgan fingerprint density at radius 1 is 1.10 bits per heavy atom. The van der Waals surface area contributed by atoms with Crippen molar-refractivity contribution in [1.82, 2.24) is 0 Å². The molecule has 1 heterocycles. The molecule has 0 amide bonds. The highest BCUT2D eigenvalue weighted by Crippen LogP contribution is 2.40. The summed E-state index contributed by atoms with van der Waals surface area (Å²) in [4.78, 5) is 12.2. The molecule has 1 aliphatic rings. The van der Waals surface area contributed by atoms with E-state index in [9.17, 15) is 18.0 Å². The van der Waals surface area contributed by atoms with Gasteiger partial charge in [-0.05, 0) is 43.3 Å². The number of alkyl halides is 3. The van der Waals surface area contributed by atoms with Crippen LogP contribution < -0.4 is 14.2 Å². The van der Waals surface area contributed by atoms with Crippen molar-refractivity contribution in [2.24, 2.45) is 0 Å². The molecule has 0 unspecified atom stereocenters. The molecule has 6 nitrogen and oxygen atoms in total. The zero-order chi connectivity index (χ0) is 21.0. The maximum atomic E-state index is 13.6. The number of hydrogen-bond acceptors (Lipinski definition) is 6. The van der Waals surface area contributed by atoms with E-state index in [1.165, 1.54) is 43.3 Å². The van der Waals surface area contributed by atoms with Crippen molar-refractivity contribution in [3.63, 3.8) is 0 Å². The first kappa shape index (κ1) is 20.3. The molecule has 0 N–H and O–H groups in total. The maximum Gasteiger partial charge on any atom is 0.429 e. The van der Waals surface area contributed by atoms with Crippen molar-refractivity contribution in [3.05, 3.63) is 53.6 Å². The molecule has 0 saturated carbocycles. The van der Waals surface area contributed by atoms with Crippen molar-refractivity contribution in [1.29, 1.82) is 5.26 Å². The third-order valence-corrected chi connectivity index (χ3v) is 4.03. The fourth-order valence-corrected chi connectivity index (χ4v) is 2.62. The standard InChI is InChI=1S/C20H16F3NO5/c1-12(28-15-5-2-13(11-24)3-6-15)19(25)29-18(20(21,22)23)14-4-7-16-17(10-14)27-9-8-26-16/h2-7,10,12,18H,8-9H2,1H3/t12-,18-/m1/s1. The molecular weight excluding hydrogens is 391 g/mol. The Bertz CT molecular complexity index is 921. The van der Waals surface area contributed by atoms with E-state index in [2.05, 4.69) is 0 Å². The minimum Gasteiger partial charge on any atom is -0.486 e. The smallest absolute Gasteiger partial charge is 0.429 e. The Hall–Kier alpha value is -3.41. The minimum absolute atomic E-state index is 0.154. The van der Waals surface area contributed by atoms with Crippen LogP contribution in [-0.4, -0.2) is 31.5 Å². The number of nitrogens with zero attached hydrogens (tertiary/aromatic N) is 1. The van der Waals surface area contributed by atoms with Crippen LogP contribution in [0.25, 0.3) is 0 Å². The minimum atomic E-state index is -4.84. The first-order valence-electron chi connectivity index (χ1n) is 8.61. The summed E-state index contributed by atoms with van der Waals surface area (Å²) in [7, 11) is 0. The van der Waals surface area contributed by atoms with Gasteiger partial charge in [-0.2, -0.15) is 18.4 Å². The highest BCUT2D eigenvalue weighted by atomic mass is 19.4. The first-order valence-corrected chi connectivity index (χ1v) is 8.61. The van der Waals surface area contributed by atoms with Crippen LogP contribution in [0.4, 0.5) is 13.2 Å². The largest absolute Gasteiger partial charge is 0.486 e. The van der Waals surface area contributed by atoms with E-state index in [-0.39, 0.29) is 23.7 Å². The van der Waals surface area contributed by atoms with E-state index < -0.39 is 24.4 Å². The van der Waals surface area contributed by atoms with Crippen LogP contribution in [0.3, 0.4) is 0 Å². The van der Waals surface area contributed by atoms with Crippen LogP contribution in [-0.2, 0) is 9.53 Å². The summed E-state index contributed by atoms with van der Waals surface area (Å²) in [6, 6.07) is 11.4. The van der Waals surface area contributed by atoms with Gasteiger partial charge in [0.1, 0.15) is 19.0 Å². The summed E-state index contributed by atoms with van der Waals surface area (Å²) in [5, 5.41) is 8.77. The lowest BCUT2D eigenvalue weighted by Gasteiger charge is -2.25. The second kappa shape index (κ2) is 8.31. The lowest BCUT2D eigenvalue weighted by atomic mass is 10.1. The van der Waals surface area contributed by atoms with Crippen molar-refractivity contribution in [3.8, 4) is 23.3 Å². The lowest BCUT2D eigenvalue weighted by molar-refractivity contribution is -0.227. The number of nitriles is 1. The highest BCUT2D eigenvalue weighted by molar-refractivity contribution is 5.75. The molecule has 0 aliphatic carbocycles. The molecule has 2 aromatic carbocycles. The second-order valence-electron chi connectivity index (χ2n) is 6.16. The Labute approximate surface area is 164 Å².